The summed E-state index contributed by atoms with van der Waals surface area (Å²) < 4.78 is 0. The summed E-state index contributed by atoms with van der Waals surface area (Å²) in [7, 11) is 0. The van der Waals surface area contributed by atoms with Crippen molar-refractivity contribution < 1.29 is 9.90 Å². The SMILES string of the molecule is O=C1Nc2ccccc2[C@H]1CC(O)c1ccccc1. The summed E-state index contributed by atoms with van der Waals surface area (Å²) in [5.74, 6) is -0.303. The van der Waals surface area contributed by atoms with Crippen LogP contribution in [0.5, 0.6) is 0 Å². The molecular weight excluding hydrogens is 238 g/mol. The molecule has 1 amide bonds. The van der Waals surface area contributed by atoms with Crippen LogP contribution in [0.2, 0.25) is 0 Å². The number of nitrogens with one attached hydrogen (secondary N) is 1. The first-order valence-corrected chi connectivity index (χ1v) is 6.38. The second kappa shape index (κ2) is 4.86. The van der Waals surface area contributed by atoms with E-state index in [1.807, 2.05) is 54.6 Å². The first-order valence-electron chi connectivity index (χ1n) is 6.38. The van der Waals surface area contributed by atoms with Crippen LogP contribution in [0, 0.1) is 0 Å². The number of amides is 1. The molecule has 2 N–H and O–H groups in total. The van der Waals surface area contributed by atoms with Gasteiger partial charge in [0.15, 0.2) is 0 Å². The molecule has 3 rings (SSSR count). The lowest BCUT2D eigenvalue weighted by atomic mass is 9.92. The molecule has 96 valence electrons. The van der Waals surface area contributed by atoms with Crippen LogP contribution in [0.3, 0.4) is 0 Å². The van der Waals surface area contributed by atoms with Gasteiger partial charge >= 0.3 is 0 Å². The number of hydrogen-bond acceptors (Lipinski definition) is 2. The number of carbonyl (C=O) groups is 1. The van der Waals surface area contributed by atoms with E-state index in [4.69, 9.17) is 0 Å². The third-order valence-corrected chi connectivity index (χ3v) is 3.55. The largest absolute Gasteiger partial charge is 0.388 e. The van der Waals surface area contributed by atoms with Gasteiger partial charge in [-0.05, 0) is 23.6 Å². The van der Waals surface area contributed by atoms with Gasteiger partial charge in [0.25, 0.3) is 0 Å². The Bertz CT molecular complexity index is 595. The summed E-state index contributed by atoms with van der Waals surface area (Å²) in [5.41, 5.74) is 2.68. The van der Waals surface area contributed by atoms with E-state index in [1.54, 1.807) is 0 Å². The van der Waals surface area contributed by atoms with Crippen LogP contribution in [0.15, 0.2) is 54.6 Å². The van der Waals surface area contributed by atoms with Gasteiger partial charge in [-0.2, -0.15) is 0 Å². The number of aliphatic hydroxyl groups excluding tert-OH is 1. The summed E-state index contributed by atoms with van der Waals surface area (Å²) in [6, 6.07) is 17.1. The topological polar surface area (TPSA) is 49.3 Å². The van der Waals surface area contributed by atoms with Gasteiger partial charge in [0.05, 0.1) is 12.0 Å². The maximum atomic E-state index is 12.0. The van der Waals surface area contributed by atoms with Gasteiger partial charge in [0, 0.05) is 5.69 Å². The van der Waals surface area contributed by atoms with Crippen molar-refractivity contribution in [2.24, 2.45) is 0 Å². The number of para-hydroxylation sites is 1. The molecule has 19 heavy (non-hydrogen) atoms. The number of anilines is 1. The lowest BCUT2D eigenvalue weighted by molar-refractivity contribution is -0.117. The van der Waals surface area contributed by atoms with Crippen molar-refractivity contribution in [3.63, 3.8) is 0 Å². The van der Waals surface area contributed by atoms with Gasteiger partial charge in [0.1, 0.15) is 0 Å². The normalized spacial score (nSPS) is 18.8. The second-order valence-corrected chi connectivity index (χ2v) is 4.79. The van der Waals surface area contributed by atoms with E-state index in [2.05, 4.69) is 5.32 Å². The molecule has 0 saturated heterocycles. The van der Waals surface area contributed by atoms with Gasteiger partial charge < -0.3 is 10.4 Å². The number of benzene rings is 2. The highest BCUT2D eigenvalue weighted by atomic mass is 16.3. The molecule has 1 aliphatic heterocycles. The molecule has 1 aliphatic rings. The minimum atomic E-state index is -0.622. The number of aliphatic hydroxyl groups is 1. The molecule has 0 fully saturated rings. The lowest BCUT2D eigenvalue weighted by Gasteiger charge is -2.15. The van der Waals surface area contributed by atoms with E-state index in [0.29, 0.717) is 6.42 Å². The smallest absolute Gasteiger partial charge is 0.232 e. The predicted octanol–water partition coefficient (Wildman–Crippen LogP) is 2.85. The quantitative estimate of drug-likeness (QED) is 0.883. The molecular formula is C16H15NO2. The number of rotatable bonds is 3. The Kier molecular flexibility index (Phi) is 3.05. The van der Waals surface area contributed by atoms with Crippen LogP contribution in [0.1, 0.15) is 29.6 Å². The van der Waals surface area contributed by atoms with Crippen molar-refractivity contribution in [3.8, 4) is 0 Å². The molecule has 0 saturated carbocycles. The van der Waals surface area contributed by atoms with Crippen LogP contribution in [0.4, 0.5) is 5.69 Å². The Labute approximate surface area is 111 Å². The van der Waals surface area contributed by atoms with E-state index in [-0.39, 0.29) is 11.8 Å². The minimum Gasteiger partial charge on any atom is -0.388 e. The zero-order chi connectivity index (χ0) is 13.2. The third-order valence-electron chi connectivity index (χ3n) is 3.55. The maximum Gasteiger partial charge on any atom is 0.232 e. The molecule has 1 heterocycles. The zero-order valence-corrected chi connectivity index (χ0v) is 10.4. The summed E-state index contributed by atoms with van der Waals surface area (Å²) in [6.07, 6.45) is -0.213. The predicted molar refractivity (Wildman–Crippen MR) is 73.8 cm³/mol. The van der Waals surface area contributed by atoms with E-state index in [0.717, 1.165) is 16.8 Å². The van der Waals surface area contributed by atoms with Crippen molar-refractivity contribution in [1.82, 2.24) is 0 Å². The van der Waals surface area contributed by atoms with Gasteiger partial charge in [0.2, 0.25) is 5.91 Å². The molecule has 2 aromatic carbocycles. The Morgan fingerprint density at radius 3 is 2.53 bits per heavy atom. The molecule has 2 aromatic rings. The van der Waals surface area contributed by atoms with Crippen LogP contribution in [-0.4, -0.2) is 11.0 Å². The molecule has 0 bridgehead atoms. The van der Waals surface area contributed by atoms with Crippen molar-refractivity contribution >= 4 is 11.6 Å². The van der Waals surface area contributed by atoms with E-state index in [9.17, 15) is 9.90 Å². The van der Waals surface area contributed by atoms with Crippen LogP contribution >= 0.6 is 0 Å². The maximum absolute atomic E-state index is 12.0. The second-order valence-electron chi connectivity index (χ2n) is 4.79. The molecule has 0 aliphatic carbocycles. The monoisotopic (exact) mass is 253 g/mol. The van der Waals surface area contributed by atoms with Crippen LogP contribution in [-0.2, 0) is 4.79 Å². The molecule has 3 heteroatoms. The number of carbonyl (C=O) groups excluding carboxylic acids is 1. The lowest BCUT2D eigenvalue weighted by Crippen LogP contribution is -2.15. The Balaban J connectivity index is 1.82. The van der Waals surface area contributed by atoms with E-state index >= 15 is 0 Å². The fourth-order valence-corrected chi connectivity index (χ4v) is 2.54. The van der Waals surface area contributed by atoms with Gasteiger partial charge in [-0.3, -0.25) is 4.79 Å². The highest BCUT2D eigenvalue weighted by molar-refractivity contribution is 6.02. The average molecular weight is 253 g/mol. The zero-order valence-electron chi connectivity index (χ0n) is 10.4. The summed E-state index contributed by atoms with van der Waals surface area (Å²) in [5, 5.41) is 13.1. The van der Waals surface area contributed by atoms with Crippen molar-refractivity contribution in [3.05, 3.63) is 65.7 Å². The average Bonchev–Trinajstić information content (AvgIpc) is 2.76. The third kappa shape index (κ3) is 2.25. The number of hydrogen-bond donors (Lipinski definition) is 2. The van der Waals surface area contributed by atoms with Gasteiger partial charge in [-0.1, -0.05) is 48.5 Å². The number of fused-ring (bicyclic) bond motifs is 1. The molecule has 3 nitrogen and oxygen atoms in total. The minimum absolute atomic E-state index is 0.0313. The summed E-state index contributed by atoms with van der Waals surface area (Å²) >= 11 is 0. The molecule has 2 atom stereocenters. The van der Waals surface area contributed by atoms with Gasteiger partial charge in [-0.25, -0.2) is 0 Å². The van der Waals surface area contributed by atoms with Crippen molar-refractivity contribution in [2.45, 2.75) is 18.4 Å². The van der Waals surface area contributed by atoms with Crippen LogP contribution < -0.4 is 5.32 Å². The summed E-state index contributed by atoms with van der Waals surface area (Å²) in [4.78, 5) is 12.0. The first kappa shape index (κ1) is 11.9. The molecule has 1 unspecified atom stereocenters. The van der Waals surface area contributed by atoms with Gasteiger partial charge in [-0.15, -0.1) is 0 Å². The molecule has 0 aromatic heterocycles. The van der Waals surface area contributed by atoms with Crippen molar-refractivity contribution in [1.29, 1.82) is 0 Å². The van der Waals surface area contributed by atoms with E-state index in [1.165, 1.54) is 0 Å². The highest BCUT2D eigenvalue weighted by Gasteiger charge is 2.31. The molecule has 0 spiro atoms. The van der Waals surface area contributed by atoms with E-state index < -0.39 is 6.10 Å². The van der Waals surface area contributed by atoms with Crippen LogP contribution in [0.25, 0.3) is 0 Å². The Morgan fingerprint density at radius 2 is 1.74 bits per heavy atom. The fraction of sp³-hybridized carbons (Fsp3) is 0.188. The summed E-state index contributed by atoms with van der Waals surface area (Å²) in [6.45, 7) is 0. The Morgan fingerprint density at radius 1 is 1.05 bits per heavy atom. The molecule has 0 radical (unpaired) electrons. The standard InChI is InChI=1S/C16H15NO2/c18-15(11-6-2-1-3-7-11)10-13-12-8-4-5-9-14(12)17-16(13)19/h1-9,13,15,18H,10H2,(H,17,19)/t13-,15?/m1/s1. The van der Waals surface area contributed by atoms with Crippen molar-refractivity contribution in [2.75, 3.05) is 5.32 Å². The first-order chi connectivity index (χ1) is 9.25. The Hall–Kier alpha value is -2.13. The highest BCUT2D eigenvalue weighted by Crippen LogP contribution is 2.37. The fourth-order valence-electron chi connectivity index (χ4n) is 2.54.